The second-order valence-corrected chi connectivity index (χ2v) is 3.36. The van der Waals surface area contributed by atoms with Crippen molar-refractivity contribution in [3.05, 3.63) is 34.1 Å². The van der Waals surface area contributed by atoms with Gasteiger partial charge in [0.05, 0.1) is 17.0 Å². The molecule has 0 amide bonds. The number of benzene rings is 1. The Kier molecular flexibility index (Phi) is 2.82. The van der Waals surface area contributed by atoms with Gasteiger partial charge in [0.1, 0.15) is 5.82 Å². The Hall–Kier alpha value is -1.95. The van der Waals surface area contributed by atoms with Crippen LogP contribution in [0.5, 0.6) is 0 Å². The number of para-hydroxylation sites is 1. The van der Waals surface area contributed by atoms with Crippen LogP contribution < -0.4 is 0 Å². The number of ether oxygens (including phenoxy) is 1. The van der Waals surface area contributed by atoms with E-state index < -0.39 is 4.92 Å². The smallest absolute Gasteiger partial charge is 0.297 e. The SMILES string of the molecule is COCCc1nc2c([N+](=O)[O-])cccc2[nH]1. The molecule has 0 aliphatic heterocycles. The van der Waals surface area contributed by atoms with Crippen LogP contribution in [0.15, 0.2) is 18.2 Å². The van der Waals surface area contributed by atoms with Crippen molar-refractivity contribution in [2.75, 3.05) is 13.7 Å². The summed E-state index contributed by atoms with van der Waals surface area (Å²) in [6.07, 6.45) is 0.613. The van der Waals surface area contributed by atoms with E-state index in [2.05, 4.69) is 9.97 Å². The van der Waals surface area contributed by atoms with Gasteiger partial charge in [-0.25, -0.2) is 4.98 Å². The molecule has 2 aromatic rings. The molecule has 6 nitrogen and oxygen atoms in total. The number of rotatable bonds is 4. The van der Waals surface area contributed by atoms with Crippen molar-refractivity contribution < 1.29 is 9.66 Å². The summed E-state index contributed by atoms with van der Waals surface area (Å²) in [7, 11) is 1.60. The van der Waals surface area contributed by atoms with Gasteiger partial charge >= 0.3 is 0 Å². The number of nitro groups is 1. The maximum Gasteiger partial charge on any atom is 0.297 e. The van der Waals surface area contributed by atoms with Gasteiger partial charge in [0.25, 0.3) is 5.69 Å². The fourth-order valence-electron chi connectivity index (χ4n) is 1.53. The molecule has 0 unspecified atom stereocenters. The van der Waals surface area contributed by atoms with Crippen molar-refractivity contribution in [1.82, 2.24) is 9.97 Å². The second kappa shape index (κ2) is 4.28. The molecule has 1 heterocycles. The van der Waals surface area contributed by atoms with Gasteiger partial charge in [0, 0.05) is 19.6 Å². The molecule has 0 fully saturated rings. The molecule has 6 heteroatoms. The fourth-order valence-corrected chi connectivity index (χ4v) is 1.53. The fraction of sp³-hybridized carbons (Fsp3) is 0.300. The molecule has 0 spiro atoms. The maximum atomic E-state index is 10.8. The highest BCUT2D eigenvalue weighted by atomic mass is 16.6. The molecule has 0 saturated carbocycles. The Morgan fingerprint density at radius 2 is 2.38 bits per heavy atom. The lowest BCUT2D eigenvalue weighted by molar-refractivity contribution is -0.383. The molecule has 16 heavy (non-hydrogen) atoms. The first-order valence-corrected chi connectivity index (χ1v) is 4.83. The average molecular weight is 221 g/mol. The van der Waals surface area contributed by atoms with Gasteiger partial charge in [-0.3, -0.25) is 10.1 Å². The van der Waals surface area contributed by atoms with Gasteiger partial charge in [-0.2, -0.15) is 0 Å². The van der Waals surface area contributed by atoms with E-state index in [0.717, 1.165) is 0 Å². The lowest BCUT2D eigenvalue weighted by Crippen LogP contribution is -1.96. The van der Waals surface area contributed by atoms with Crippen LogP contribution >= 0.6 is 0 Å². The third-order valence-corrected chi connectivity index (χ3v) is 2.28. The largest absolute Gasteiger partial charge is 0.384 e. The Labute approximate surface area is 91.4 Å². The summed E-state index contributed by atoms with van der Waals surface area (Å²) in [6, 6.07) is 4.85. The van der Waals surface area contributed by atoms with Crippen molar-refractivity contribution in [3.8, 4) is 0 Å². The number of nitrogens with zero attached hydrogens (tertiary/aromatic N) is 2. The summed E-state index contributed by atoms with van der Waals surface area (Å²) in [5.74, 6) is 0.700. The molecule has 1 aromatic heterocycles. The zero-order chi connectivity index (χ0) is 11.5. The first-order chi connectivity index (χ1) is 7.72. The van der Waals surface area contributed by atoms with E-state index in [1.165, 1.54) is 6.07 Å². The van der Waals surface area contributed by atoms with Crippen molar-refractivity contribution in [2.45, 2.75) is 6.42 Å². The monoisotopic (exact) mass is 221 g/mol. The van der Waals surface area contributed by atoms with Gasteiger partial charge in [0.2, 0.25) is 0 Å². The van der Waals surface area contributed by atoms with Crippen LogP contribution in [0.25, 0.3) is 11.0 Å². The minimum Gasteiger partial charge on any atom is -0.384 e. The van der Waals surface area contributed by atoms with Crippen LogP contribution in [0.4, 0.5) is 5.69 Å². The second-order valence-electron chi connectivity index (χ2n) is 3.36. The molecule has 2 rings (SSSR count). The van der Waals surface area contributed by atoms with E-state index in [1.807, 2.05) is 0 Å². The van der Waals surface area contributed by atoms with Crippen LogP contribution in [-0.2, 0) is 11.2 Å². The highest BCUT2D eigenvalue weighted by molar-refractivity contribution is 5.84. The highest BCUT2D eigenvalue weighted by Crippen LogP contribution is 2.23. The first-order valence-electron chi connectivity index (χ1n) is 4.83. The quantitative estimate of drug-likeness (QED) is 0.628. The normalized spacial score (nSPS) is 10.8. The van der Waals surface area contributed by atoms with E-state index >= 15 is 0 Å². The average Bonchev–Trinajstić information content (AvgIpc) is 2.68. The molecule has 1 N–H and O–H groups in total. The predicted octanol–water partition coefficient (Wildman–Crippen LogP) is 1.66. The number of fused-ring (bicyclic) bond motifs is 1. The van der Waals surface area contributed by atoms with Crippen LogP contribution in [0.1, 0.15) is 5.82 Å². The molecule has 0 aliphatic rings. The topological polar surface area (TPSA) is 81.1 Å². The van der Waals surface area contributed by atoms with Crippen LogP contribution in [0.2, 0.25) is 0 Å². The van der Waals surface area contributed by atoms with E-state index in [1.54, 1.807) is 19.2 Å². The minimum absolute atomic E-state index is 0.0254. The lowest BCUT2D eigenvalue weighted by atomic mass is 10.3. The van der Waals surface area contributed by atoms with Crippen LogP contribution in [-0.4, -0.2) is 28.6 Å². The van der Waals surface area contributed by atoms with Gasteiger partial charge in [-0.1, -0.05) is 6.07 Å². The molecule has 0 bridgehead atoms. The number of nitro benzene ring substituents is 1. The standard InChI is InChI=1S/C10H11N3O3/c1-16-6-5-9-11-7-3-2-4-8(13(14)15)10(7)12-9/h2-4H,5-6H2,1H3,(H,11,12). The summed E-state index contributed by atoms with van der Waals surface area (Å²) in [5.41, 5.74) is 1.11. The zero-order valence-corrected chi connectivity index (χ0v) is 8.77. The van der Waals surface area contributed by atoms with Crippen molar-refractivity contribution >= 4 is 16.7 Å². The third-order valence-electron chi connectivity index (χ3n) is 2.28. The number of H-pyrrole nitrogens is 1. The number of hydrogen-bond acceptors (Lipinski definition) is 4. The van der Waals surface area contributed by atoms with E-state index in [-0.39, 0.29) is 5.69 Å². The van der Waals surface area contributed by atoms with Crippen molar-refractivity contribution in [3.63, 3.8) is 0 Å². The Balaban J connectivity index is 2.44. The molecular formula is C10H11N3O3. The van der Waals surface area contributed by atoms with Crippen LogP contribution in [0, 0.1) is 10.1 Å². The van der Waals surface area contributed by atoms with Gasteiger partial charge in [-0.15, -0.1) is 0 Å². The lowest BCUT2D eigenvalue weighted by Gasteiger charge is -1.92. The van der Waals surface area contributed by atoms with Gasteiger partial charge in [-0.05, 0) is 6.07 Å². The van der Waals surface area contributed by atoms with E-state index in [4.69, 9.17) is 4.74 Å². The van der Waals surface area contributed by atoms with Crippen LogP contribution in [0.3, 0.4) is 0 Å². The summed E-state index contributed by atoms with van der Waals surface area (Å²) in [6.45, 7) is 0.535. The minimum atomic E-state index is -0.427. The number of aromatic nitrogens is 2. The number of nitrogens with one attached hydrogen (secondary N) is 1. The number of hydrogen-bond donors (Lipinski definition) is 1. The Bertz CT molecular complexity index is 521. The van der Waals surface area contributed by atoms with Gasteiger partial charge in [0.15, 0.2) is 5.52 Å². The summed E-state index contributed by atoms with van der Waals surface area (Å²) < 4.78 is 4.93. The predicted molar refractivity (Wildman–Crippen MR) is 58.3 cm³/mol. The zero-order valence-electron chi connectivity index (χ0n) is 8.77. The molecule has 0 aliphatic carbocycles. The summed E-state index contributed by atoms with van der Waals surface area (Å²) >= 11 is 0. The number of non-ortho nitro benzene ring substituents is 1. The Morgan fingerprint density at radius 3 is 3.06 bits per heavy atom. The molecule has 0 saturated heterocycles. The van der Waals surface area contributed by atoms with Crippen molar-refractivity contribution in [1.29, 1.82) is 0 Å². The molecular weight excluding hydrogens is 210 g/mol. The number of methoxy groups -OCH3 is 1. The third kappa shape index (κ3) is 1.87. The summed E-state index contributed by atoms with van der Waals surface area (Å²) in [4.78, 5) is 17.6. The van der Waals surface area contributed by atoms with E-state index in [0.29, 0.717) is 29.9 Å². The van der Waals surface area contributed by atoms with Gasteiger partial charge < -0.3 is 9.72 Å². The van der Waals surface area contributed by atoms with Crippen molar-refractivity contribution in [2.24, 2.45) is 0 Å². The number of imidazole rings is 1. The molecule has 84 valence electrons. The summed E-state index contributed by atoms with van der Waals surface area (Å²) in [5, 5.41) is 10.8. The Morgan fingerprint density at radius 1 is 1.56 bits per heavy atom. The highest BCUT2D eigenvalue weighted by Gasteiger charge is 2.14. The maximum absolute atomic E-state index is 10.8. The first kappa shape index (κ1) is 10.6. The molecule has 0 atom stereocenters. The molecule has 0 radical (unpaired) electrons. The number of aromatic amines is 1. The molecule has 1 aromatic carbocycles. The van der Waals surface area contributed by atoms with E-state index in [9.17, 15) is 10.1 Å².